The molecule has 1 heterocycles. The minimum absolute atomic E-state index is 0.211. The van der Waals surface area contributed by atoms with Gasteiger partial charge in [0.25, 0.3) is 0 Å². The molecule has 1 aromatic carbocycles. The molecule has 0 saturated carbocycles. The van der Waals surface area contributed by atoms with Crippen LogP contribution in [0, 0.1) is 0 Å². The van der Waals surface area contributed by atoms with Crippen molar-refractivity contribution in [1.29, 1.82) is 0 Å². The van der Waals surface area contributed by atoms with Gasteiger partial charge in [-0.3, -0.25) is 4.79 Å². The van der Waals surface area contributed by atoms with Gasteiger partial charge in [0, 0.05) is 6.92 Å². The molecule has 1 aliphatic rings. The summed E-state index contributed by atoms with van der Waals surface area (Å²) < 4.78 is 4.40. The zero-order valence-electron chi connectivity index (χ0n) is 10.6. The van der Waals surface area contributed by atoms with Crippen LogP contribution in [0.1, 0.15) is 13.8 Å². The summed E-state index contributed by atoms with van der Waals surface area (Å²) in [5, 5.41) is 6.27. The Kier molecular flexibility index (Phi) is 5.34. The lowest BCUT2D eigenvalue weighted by atomic mass is 10.3. The minimum Gasteiger partial charge on any atom is -0.466 e. The number of carbonyl (C=O) groups is 3. The van der Waals surface area contributed by atoms with Crippen LogP contribution in [0.3, 0.4) is 0 Å². The molecule has 0 N–H and O–H groups in total. The van der Waals surface area contributed by atoms with E-state index in [-0.39, 0.29) is 5.97 Å². The van der Waals surface area contributed by atoms with Crippen LogP contribution in [-0.2, 0) is 9.53 Å². The average Bonchev–Trinajstić information content (AvgIpc) is 2.71. The molecular weight excluding hydrogens is 250 g/mol. The zero-order valence-corrected chi connectivity index (χ0v) is 10.6. The van der Waals surface area contributed by atoms with Crippen LogP contribution in [-0.4, -0.2) is 24.6 Å². The Balaban J connectivity index is 0.000000258. The Morgan fingerprint density at radius 2 is 1.68 bits per heavy atom. The highest BCUT2D eigenvalue weighted by atomic mass is 16.5. The molecule has 7 heteroatoms. The lowest BCUT2D eigenvalue weighted by Gasteiger charge is -2.08. The maximum absolute atomic E-state index is 11.0. The van der Waals surface area contributed by atoms with Crippen molar-refractivity contribution in [2.45, 2.75) is 13.8 Å². The molecule has 19 heavy (non-hydrogen) atoms. The van der Waals surface area contributed by atoms with Gasteiger partial charge in [-0.1, -0.05) is 28.4 Å². The van der Waals surface area contributed by atoms with Gasteiger partial charge in [-0.15, -0.1) is 0 Å². The lowest BCUT2D eigenvalue weighted by molar-refractivity contribution is -0.140. The molecule has 1 aromatic rings. The van der Waals surface area contributed by atoms with Crippen LogP contribution in [0.5, 0.6) is 0 Å². The molecule has 0 aromatic heterocycles. The van der Waals surface area contributed by atoms with Gasteiger partial charge >= 0.3 is 18.0 Å². The van der Waals surface area contributed by atoms with E-state index in [1.165, 1.54) is 6.92 Å². The number of urea groups is 2. The number of hydrogen-bond acceptors (Lipinski definition) is 4. The molecule has 0 saturated heterocycles. The van der Waals surface area contributed by atoms with Gasteiger partial charge in [-0.05, 0) is 19.1 Å². The van der Waals surface area contributed by atoms with Crippen LogP contribution in [0.2, 0.25) is 0 Å². The zero-order chi connectivity index (χ0) is 14.3. The minimum atomic E-state index is -0.642. The van der Waals surface area contributed by atoms with Gasteiger partial charge in [0.05, 0.1) is 12.3 Å². The Morgan fingerprint density at radius 1 is 1.16 bits per heavy atom. The molecule has 0 bridgehead atoms. The van der Waals surface area contributed by atoms with Crippen LogP contribution in [0.25, 0.3) is 0 Å². The van der Waals surface area contributed by atoms with E-state index in [1.54, 1.807) is 37.3 Å². The van der Waals surface area contributed by atoms with Crippen LogP contribution in [0.4, 0.5) is 15.3 Å². The SMILES string of the molecule is CCOC(C)=O.O=C1N=NC(=O)N1c1ccccc1. The van der Waals surface area contributed by atoms with E-state index in [4.69, 9.17) is 0 Å². The molecular formula is C12H13N3O4. The van der Waals surface area contributed by atoms with Crippen LogP contribution < -0.4 is 4.90 Å². The van der Waals surface area contributed by atoms with Crippen LogP contribution >= 0.6 is 0 Å². The number of amides is 4. The molecule has 0 atom stereocenters. The largest absolute Gasteiger partial charge is 0.466 e. The predicted octanol–water partition coefficient (Wildman–Crippen LogP) is 2.77. The summed E-state index contributed by atoms with van der Waals surface area (Å²) in [4.78, 5) is 32.8. The second kappa shape index (κ2) is 7.00. The van der Waals surface area contributed by atoms with Crippen molar-refractivity contribution >= 4 is 23.7 Å². The van der Waals surface area contributed by atoms with Gasteiger partial charge in [0.2, 0.25) is 0 Å². The number of ether oxygens (including phenoxy) is 1. The molecule has 0 radical (unpaired) electrons. The fourth-order valence-electron chi connectivity index (χ4n) is 1.26. The fraction of sp³-hybridized carbons (Fsp3) is 0.250. The monoisotopic (exact) mass is 263 g/mol. The summed E-state index contributed by atoms with van der Waals surface area (Å²) in [6, 6.07) is 7.26. The number of carbonyl (C=O) groups excluding carboxylic acids is 3. The second-order valence-corrected chi connectivity index (χ2v) is 3.36. The summed E-state index contributed by atoms with van der Waals surface area (Å²) in [5.74, 6) is -0.211. The number of anilines is 1. The van der Waals surface area contributed by atoms with E-state index < -0.39 is 12.1 Å². The number of rotatable bonds is 2. The molecule has 0 spiro atoms. The Hall–Kier alpha value is -2.57. The van der Waals surface area contributed by atoms with E-state index in [1.807, 2.05) is 0 Å². The van der Waals surface area contributed by atoms with Crippen molar-refractivity contribution in [3.63, 3.8) is 0 Å². The number of hydrogen-bond donors (Lipinski definition) is 0. The molecule has 0 aliphatic carbocycles. The number of esters is 1. The first kappa shape index (κ1) is 14.5. The van der Waals surface area contributed by atoms with E-state index in [0.29, 0.717) is 12.3 Å². The summed E-state index contributed by atoms with van der Waals surface area (Å²) in [6.45, 7) is 3.65. The van der Waals surface area contributed by atoms with E-state index >= 15 is 0 Å². The van der Waals surface area contributed by atoms with Gasteiger partial charge in [0.1, 0.15) is 0 Å². The summed E-state index contributed by atoms with van der Waals surface area (Å²) in [6.07, 6.45) is 0. The second-order valence-electron chi connectivity index (χ2n) is 3.36. The third kappa shape index (κ3) is 4.30. The Labute approximate surface area is 109 Å². The van der Waals surface area contributed by atoms with Gasteiger partial charge in [-0.25, -0.2) is 14.5 Å². The molecule has 7 nitrogen and oxygen atoms in total. The topological polar surface area (TPSA) is 88.4 Å². The third-order valence-electron chi connectivity index (χ3n) is 1.97. The third-order valence-corrected chi connectivity index (χ3v) is 1.97. The van der Waals surface area contributed by atoms with Crippen molar-refractivity contribution < 1.29 is 19.1 Å². The maximum atomic E-state index is 11.0. The molecule has 0 unspecified atom stereocenters. The van der Waals surface area contributed by atoms with Crippen molar-refractivity contribution in [3.05, 3.63) is 30.3 Å². The van der Waals surface area contributed by atoms with Gasteiger partial charge < -0.3 is 4.74 Å². The summed E-state index contributed by atoms with van der Waals surface area (Å²) in [5.41, 5.74) is 0.488. The number of nitrogens with zero attached hydrogens (tertiary/aromatic N) is 3. The smallest absolute Gasteiger partial charge is 0.375 e. The Bertz CT molecular complexity index is 481. The molecule has 1 aliphatic heterocycles. The highest BCUT2D eigenvalue weighted by Crippen LogP contribution is 2.19. The average molecular weight is 263 g/mol. The molecule has 4 amide bonds. The lowest BCUT2D eigenvalue weighted by Crippen LogP contribution is -2.27. The number of para-hydroxylation sites is 1. The van der Waals surface area contributed by atoms with Crippen molar-refractivity contribution in [2.75, 3.05) is 11.5 Å². The highest BCUT2D eigenvalue weighted by molar-refractivity contribution is 6.17. The number of imide groups is 1. The first-order valence-corrected chi connectivity index (χ1v) is 5.54. The molecule has 0 fully saturated rings. The van der Waals surface area contributed by atoms with Crippen LogP contribution in [0.15, 0.2) is 40.6 Å². The molecule has 2 rings (SSSR count). The van der Waals surface area contributed by atoms with Crippen molar-refractivity contribution in [1.82, 2.24) is 0 Å². The van der Waals surface area contributed by atoms with Gasteiger partial charge in [-0.2, -0.15) is 0 Å². The van der Waals surface area contributed by atoms with E-state index in [2.05, 4.69) is 15.0 Å². The van der Waals surface area contributed by atoms with Crippen molar-refractivity contribution in [3.8, 4) is 0 Å². The maximum Gasteiger partial charge on any atom is 0.375 e. The Morgan fingerprint density at radius 3 is 2.05 bits per heavy atom. The standard InChI is InChI=1S/C8H5N3O2.C4H8O2/c12-7-9-10-8(13)11(7)6-4-2-1-3-5-6;1-3-6-4(2)5/h1-5H;3H2,1-2H3. The highest BCUT2D eigenvalue weighted by Gasteiger charge is 2.28. The number of azo groups is 1. The number of benzene rings is 1. The van der Waals surface area contributed by atoms with E-state index in [9.17, 15) is 14.4 Å². The first-order valence-electron chi connectivity index (χ1n) is 5.54. The van der Waals surface area contributed by atoms with E-state index in [0.717, 1.165) is 4.90 Å². The summed E-state index contributed by atoms with van der Waals surface area (Å²) in [7, 11) is 0. The van der Waals surface area contributed by atoms with Crippen molar-refractivity contribution in [2.24, 2.45) is 10.2 Å². The predicted molar refractivity (Wildman–Crippen MR) is 66.9 cm³/mol. The quantitative estimate of drug-likeness (QED) is 0.767. The fourth-order valence-corrected chi connectivity index (χ4v) is 1.26. The summed E-state index contributed by atoms with van der Waals surface area (Å²) >= 11 is 0. The van der Waals surface area contributed by atoms with Gasteiger partial charge in [0.15, 0.2) is 0 Å². The normalized spacial score (nSPS) is 13.1. The molecule has 100 valence electrons. The first-order chi connectivity index (χ1) is 9.06.